The van der Waals surface area contributed by atoms with Crippen LogP contribution in [0.3, 0.4) is 0 Å². The van der Waals surface area contributed by atoms with E-state index in [1.807, 2.05) is 0 Å². The van der Waals surface area contributed by atoms with E-state index < -0.39 is 0 Å². The summed E-state index contributed by atoms with van der Waals surface area (Å²) in [5.74, 6) is 0.870. The second kappa shape index (κ2) is 12.9. The molecule has 2 nitrogen and oxygen atoms in total. The maximum Gasteiger partial charge on any atom is 0.0613 e. The van der Waals surface area contributed by atoms with E-state index in [0.717, 1.165) is 32.1 Å². The first-order chi connectivity index (χ1) is 22.8. The van der Waals surface area contributed by atoms with Gasteiger partial charge in [-0.25, -0.2) is 0 Å². The predicted octanol–water partition coefficient (Wildman–Crippen LogP) is 11.3. The van der Waals surface area contributed by atoms with Crippen LogP contribution in [0.1, 0.15) is 85.3 Å². The molecule has 0 spiro atoms. The minimum absolute atomic E-state index is 0.380. The first kappa shape index (κ1) is 31.1. The number of allylic oxidation sites excluding steroid dienone is 4. The second-order valence-corrected chi connectivity index (χ2v) is 14.0. The lowest BCUT2D eigenvalue weighted by atomic mass is 9.86. The van der Waals surface area contributed by atoms with Crippen molar-refractivity contribution in [1.82, 2.24) is 0 Å². The Morgan fingerprint density at radius 3 is 1.91 bits per heavy atom. The van der Waals surface area contributed by atoms with Crippen LogP contribution in [0.15, 0.2) is 96.7 Å². The average molecular weight is 617 g/mol. The second-order valence-electron chi connectivity index (χ2n) is 14.0. The molecular formula is C45H48N2. The molecule has 238 valence electrons. The topological polar surface area (TPSA) is 6.48 Å². The minimum atomic E-state index is 0.380. The van der Waals surface area contributed by atoms with E-state index in [4.69, 9.17) is 0 Å². The van der Waals surface area contributed by atoms with Gasteiger partial charge < -0.3 is 9.80 Å². The summed E-state index contributed by atoms with van der Waals surface area (Å²) in [6.45, 7) is 13.7. The molecule has 4 aromatic carbocycles. The summed E-state index contributed by atoms with van der Waals surface area (Å²) in [6.07, 6.45) is 22.5. The maximum atomic E-state index is 2.61. The zero-order valence-electron chi connectivity index (χ0n) is 29.0. The Kier molecular flexibility index (Phi) is 8.53. The van der Waals surface area contributed by atoms with Crippen molar-refractivity contribution < 1.29 is 0 Å². The monoisotopic (exact) mass is 616 g/mol. The van der Waals surface area contributed by atoms with Gasteiger partial charge >= 0.3 is 0 Å². The van der Waals surface area contributed by atoms with E-state index >= 15 is 0 Å². The molecule has 0 saturated heterocycles. The molecule has 0 heterocycles. The number of aryl methyl sites for hydroxylation is 4. The molecule has 7 rings (SSSR count). The van der Waals surface area contributed by atoms with Crippen LogP contribution in [0.5, 0.6) is 0 Å². The molecule has 3 aliphatic rings. The molecule has 0 amide bonds. The highest BCUT2D eigenvalue weighted by atomic mass is 15.2. The Bertz CT molecular complexity index is 2010. The molecule has 47 heavy (non-hydrogen) atoms. The molecule has 4 aromatic rings. The summed E-state index contributed by atoms with van der Waals surface area (Å²) in [5.41, 5.74) is 15.6. The van der Waals surface area contributed by atoms with Gasteiger partial charge in [-0.05, 0) is 142 Å². The zero-order valence-corrected chi connectivity index (χ0v) is 29.0. The number of fused-ring (bicyclic) bond motifs is 2. The number of benzene rings is 4. The summed E-state index contributed by atoms with van der Waals surface area (Å²) in [4.78, 5) is 5.15. The third kappa shape index (κ3) is 5.91. The lowest BCUT2D eigenvalue weighted by Crippen LogP contribution is -2.39. The van der Waals surface area contributed by atoms with Gasteiger partial charge in [-0.2, -0.15) is 0 Å². The molecule has 2 unspecified atom stereocenters. The smallest absolute Gasteiger partial charge is 0.0613 e. The van der Waals surface area contributed by atoms with Crippen molar-refractivity contribution in [3.8, 4) is 0 Å². The van der Waals surface area contributed by atoms with Gasteiger partial charge in [-0.15, -0.1) is 0 Å². The Labute approximate surface area is 281 Å². The van der Waals surface area contributed by atoms with Gasteiger partial charge in [0.25, 0.3) is 0 Å². The van der Waals surface area contributed by atoms with Crippen molar-refractivity contribution in [2.45, 2.75) is 79.6 Å². The van der Waals surface area contributed by atoms with E-state index in [9.17, 15) is 0 Å². The zero-order chi connectivity index (χ0) is 32.7. The van der Waals surface area contributed by atoms with Gasteiger partial charge in [-0.1, -0.05) is 80.6 Å². The third-order valence-electron chi connectivity index (χ3n) is 10.2. The minimum Gasteiger partial charge on any atom is -0.310 e. The van der Waals surface area contributed by atoms with Crippen LogP contribution in [0.4, 0.5) is 28.4 Å². The van der Waals surface area contributed by atoms with Crippen LogP contribution in [-0.4, -0.2) is 0 Å². The van der Waals surface area contributed by atoms with Crippen LogP contribution >= 0.6 is 0 Å². The van der Waals surface area contributed by atoms with Crippen LogP contribution < -0.4 is 20.2 Å². The SMILES string of the molecule is Cc1cccc(N(c2cccc(C)c2)c2c3c(c(N(C4=CC(C)CC=C4)c4ccc(C)c(C)c4)c4c2=CCCC=4)C(C)CCC=C3)c1. The fourth-order valence-corrected chi connectivity index (χ4v) is 7.69. The predicted molar refractivity (Wildman–Crippen MR) is 204 cm³/mol. The first-order valence-corrected chi connectivity index (χ1v) is 17.6. The van der Waals surface area contributed by atoms with E-state index in [-0.39, 0.29) is 0 Å². The van der Waals surface area contributed by atoms with Crippen molar-refractivity contribution in [1.29, 1.82) is 0 Å². The quantitative estimate of drug-likeness (QED) is 0.199. The highest BCUT2D eigenvalue weighted by Crippen LogP contribution is 2.45. The van der Waals surface area contributed by atoms with E-state index in [1.165, 1.54) is 78.0 Å². The standard InChI is InChI=1S/C45H48N2/c1-30-14-11-18-36(26-30)46(37-19-12-15-31(2)27-37)44-40-21-9-10-22-41(40)45(43-34(5)17-7-8-23-42(43)44)47(38-20-13-16-32(3)28-38)39-25-24-33(4)35(6)29-39/h8,11-15,18-29,32,34H,7,9-10,16-17H2,1-6H3. The lowest BCUT2D eigenvalue weighted by molar-refractivity contribution is 0.693. The molecule has 0 N–H and O–H groups in total. The first-order valence-electron chi connectivity index (χ1n) is 17.6. The van der Waals surface area contributed by atoms with Gasteiger partial charge in [0, 0.05) is 38.8 Å². The van der Waals surface area contributed by atoms with Crippen LogP contribution in [-0.2, 0) is 0 Å². The van der Waals surface area contributed by atoms with Gasteiger partial charge in [0.2, 0.25) is 0 Å². The average Bonchev–Trinajstić information content (AvgIpc) is 3.25. The summed E-state index contributed by atoms with van der Waals surface area (Å²) in [5, 5.41) is 2.71. The van der Waals surface area contributed by atoms with Gasteiger partial charge in [0.15, 0.2) is 0 Å². The Morgan fingerprint density at radius 1 is 0.617 bits per heavy atom. The fourth-order valence-electron chi connectivity index (χ4n) is 7.69. The van der Waals surface area contributed by atoms with Crippen LogP contribution in [0, 0.1) is 33.6 Å². The Morgan fingerprint density at radius 2 is 1.28 bits per heavy atom. The van der Waals surface area contributed by atoms with E-state index in [2.05, 4.69) is 161 Å². The number of nitrogens with zero attached hydrogens (tertiary/aromatic N) is 2. The van der Waals surface area contributed by atoms with Gasteiger partial charge in [0.05, 0.1) is 11.4 Å². The summed E-state index contributed by atoms with van der Waals surface area (Å²) < 4.78 is 0. The summed E-state index contributed by atoms with van der Waals surface area (Å²) >= 11 is 0. The number of rotatable bonds is 6. The number of anilines is 5. The molecule has 0 saturated carbocycles. The molecule has 0 aromatic heterocycles. The molecule has 0 radical (unpaired) electrons. The van der Waals surface area contributed by atoms with Crippen molar-refractivity contribution in [2.24, 2.45) is 5.92 Å². The van der Waals surface area contributed by atoms with Gasteiger partial charge in [0.1, 0.15) is 0 Å². The lowest BCUT2D eigenvalue weighted by Gasteiger charge is -2.36. The van der Waals surface area contributed by atoms with Crippen molar-refractivity contribution in [2.75, 3.05) is 9.80 Å². The van der Waals surface area contributed by atoms with Crippen LogP contribution in [0.2, 0.25) is 0 Å². The molecule has 2 heteroatoms. The fraction of sp³-hybridized carbons (Fsp3) is 0.289. The number of hydrogen-bond acceptors (Lipinski definition) is 2. The van der Waals surface area contributed by atoms with Crippen molar-refractivity contribution >= 4 is 46.7 Å². The normalized spacial score (nSPS) is 18.3. The van der Waals surface area contributed by atoms with E-state index in [1.54, 1.807) is 0 Å². The molecule has 0 aliphatic heterocycles. The Hall–Kier alpha value is -4.56. The highest BCUT2D eigenvalue weighted by Gasteiger charge is 2.31. The van der Waals surface area contributed by atoms with Crippen molar-refractivity contribution in [3.63, 3.8) is 0 Å². The largest absolute Gasteiger partial charge is 0.310 e. The molecule has 3 aliphatic carbocycles. The van der Waals surface area contributed by atoms with E-state index in [0.29, 0.717) is 11.8 Å². The molecule has 0 fully saturated rings. The molecular weight excluding hydrogens is 569 g/mol. The highest BCUT2D eigenvalue weighted by molar-refractivity contribution is 5.90. The van der Waals surface area contributed by atoms with Gasteiger partial charge in [-0.3, -0.25) is 0 Å². The maximum absolute atomic E-state index is 2.61. The Balaban J connectivity index is 1.63. The molecule has 2 atom stereocenters. The summed E-state index contributed by atoms with van der Waals surface area (Å²) in [6, 6.07) is 25.1. The molecule has 0 bridgehead atoms. The third-order valence-corrected chi connectivity index (χ3v) is 10.2. The number of hydrogen-bond donors (Lipinski definition) is 0. The van der Waals surface area contributed by atoms with Crippen LogP contribution in [0.25, 0.3) is 18.2 Å². The van der Waals surface area contributed by atoms with Crippen molar-refractivity contribution in [3.05, 3.63) is 141 Å². The summed E-state index contributed by atoms with van der Waals surface area (Å²) in [7, 11) is 0.